The fourth-order valence-electron chi connectivity index (χ4n) is 2.43. The van der Waals surface area contributed by atoms with E-state index in [2.05, 4.69) is 5.32 Å². The van der Waals surface area contributed by atoms with Crippen LogP contribution >= 0.6 is 23.2 Å². The number of nitrogens with one attached hydrogen (secondary N) is 1. The molecule has 1 atom stereocenters. The lowest BCUT2D eigenvalue weighted by Gasteiger charge is -2.32. The van der Waals surface area contributed by atoms with E-state index in [1.165, 1.54) is 0 Å². The predicted octanol–water partition coefficient (Wildman–Crippen LogP) is 2.68. The van der Waals surface area contributed by atoms with Gasteiger partial charge in [-0.25, -0.2) is 4.79 Å². The van der Waals surface area contributed by atoms with E-state index in [0.29, 0.717) is 36.3 Å². The van der Waals surface area contributed by atoms with E-state index in [9.17, 15) is 4.79 Å². The number of hydrogen-bond acceptors (Lipinski definition) is 3. The number of carbonyl (C=O) groups is 1. The van der Waals surface area contributed by atoms with Gasteiger partial charge in [0.15, 0.2) is 0 Å². The minimum atomic E-state index is -0.136. The molecule has 1 saturated heterocycles. The molecular formula is C15H20Cl2N2O3. The SMILES string of the molecule is O=C(NCc1ccc(Cl)cc1Cl)N1CCC[C@@H](OCCO)C1. The van der Waals surface area contributed by atoms with Crippen LogP contribution in [0.1, 0.15) is 18.4 Å². The number of amides is 2. The third-order valence-electron chi connectivity index (χ3n) is 3.56. The van der Waals surface area contributed by atoms with Crippen molar-refractivity contribution in [3.63, 3.8) is 0 Å². The maximum atomic E-state index is 12.2. The van der Waals surface area contributed by atoms with Crippen LogP contribution in [0.15, 0.2) is 18.2 Å². The molecule has 0 bridgehead atoms. The highest BCUT2D eigenvalue weighted by molar-refractivity contribution is 6.35. The van der Waals surface area contributed by atoms with Gasteiger partial charge in [0.05, 0.1) is 19.3 Å². The molecule has 2 rings (SSSR count). The molecule has 0 spiro atoms. The summed E-state index contributed by atoms with van der Waals surface area (Å²) in [7, 11) is 0. The molecule has 2 N–H and O–H groups in total. The summed E-state index contributed by atoms with van der Waals surface area (Å²) in [6.45, 7) is 1.91. The molecule has 1 aromatic rings. The van der Waals surface area contributed by atoms with Crippen molar-refractivity contribution in [1.29, 1.82) is 0 Å². The van der Waals surface area contributed by atoms with Gasteiger partial charge in [0, 0.05) is 29.7 Å². The Kier molecular flexibility index (Phi) is 6.76. The number of aliphatic hydroxyl groups is 1. The van der Waals surface area contributed by atoms with Crippen LogP contribution in [0.3, 0.4) is 0 Å². The predicted molar refractivity (Wildman–Crippen MR) is 86.3 cm³/mol. The second kappa shape index (κ2) is 8.58. The van der Waals surface area contributed by atoms with Gasteiger partial charge >= 0.3 is 6.03 Å². The van der Waals surface area contributed by atoms with Crippen LogP contribution in [0.5, 0.6) is 0 Å². The summed E-state index contributed by atoms with van der Waals surface area (Å²) < 4.78 is 5.50. The highest BCUT2D eigenvalue weighted by atomic mass is 35.5. The van der Waals surface area contributed by atoms with Gasteiger partial charge in [-0.2, -0.15) is 0 Å². The summed E-state index contributed by atoms with van der Waals surface area (Å²) in [6, 6.07) is 5.07. The lowest BCUT2D eigenvalue weighted by molar-refractivity contribution is -0.00580. The topological polar surface area (TPSA) is 61.8 Å². The largest absolute Gasteiger partial charge is 0.394 e. The number of aliphatic hydroxyl groups excluding tert-OH is 1. The van der Waals surface area contributed by atoms with Gasteiger partial charge in [-0.15, -0.1) is 0 Å². The summed E-state index contributed by atoms with van der Waals surface area (Å²) in [5.41, 5.74) is 0.824. The number of ether oxygens (including phenoxy) is 1. The second-order valence-electron chi connectivity index (χ2n) is 5.20. The number of likely N-dealkylation sites (tertiary alicyclic amines) is 1. The molecule has 0 aliphatic carbocycles. The summed E-state index contributed by atoms with van der Waals surface area (Å²) in [5, 5.41) is 12.8. The Labute approximate surface area is 140 Å². The number of benzene rings is 1. The van der Waals surface area contributed by atoms with Crippen molar-refractivity contribution in [2.45, 2.75) is 25.5 Å². The minimum absolute atomic E-state index is 0.00222. The summed E-state index contributed by atoms with van der Waals surface area (Å²) in [4.78, 5) is 13.9. The van der Waals surface area contributed by atoms with Crippen LogP contribution in [-0.4, -0.2) is 48.4 Å². The van der Waals surface area contributed by atoms with E-state index in [-0.39, 0.29) is 18.7 Å². The van der Waals surface area contributed by atoms with Crippen molar-refractivity contribution >= 4 is 29.2 Å². The first-order valence-electron chi connectivity index (χ1n) is 7.29. The van der Waals surface area contributed by atoms with E-state index in [1.54, 1.807) is 23.1 Å². The van der Waals surface area contributed by atoms with Gasteiger partial charge in [0.25, 0.3) is 0 Å². The molecule has 5 nitrogen and oxygen atoms in total. The van der Waals surface area contributed by atoms with Crippen LogP contribution < -0.4 is 5.32 Å². The van der Waals surface area contributed by atoms with E-state index < -0.39 is 0 Å². The molecule has 122 valence electrons. The molecule has 1 heterocycles. The molecule has 1 fully saturated rings. The lowest BCUT2D eigenvalue weighted by Crippen LogP contribution is -2.47. The zero-order valence-electron chi connectivity index (χ0n) is 12.2. The average Bonchev–Trinajstić information content (AvgIpc) is 2.52. The molecule has 22 heavy (non-hydrogen) atoms. The van der Waals surface area contributed by atoms with Gasteiger partial charge in [0.1, 0.15) is 0 Å². The Hall–Kier alpha value is -1.01. The van der Waals surface area contributed by atoms with Gasteiger partial charge < -0.3 is 20.1 Å². The Balaban J connectivity index is 1.83. The van der Waals surface area contributed by atoms with E-state index in [0.717, 1.165) is 18.4 Å². The standard InChI is InChI=1S/C15H20Cl2N2O3/c16-12-4-3-11(14(17)8-12)9-18-15(21)19-5-1-2-13(10-19)22-7-6-20/h3-4,8,13,20H,1-2,5-7,9-10H2,(H,18,21)/t13-/m1/s1. The third kappa shape index (κ3) is 5.02. The molecular weight excluding hydrogens is 327 g/mol. The van der Waals surface area contributed by atoms with Gasteiger partial charge in [-0.1, -0.05) is 29.3 Å². The van der Waals surface area contributed by atoms with Crippen molar-refractivity contribution in [2.75, 3.05) is 26.3 Å². The minimum Gasteiger partial charge on any atom is -0.394 e. The molecule has 1 aliphatic heterocycles. The van der Waals surface area contributed by atoms with Crippen LogP contribution in [0, 0.1) is 0 Å². The molecule has 0 radical (unpaired) electrons. The fraction of sp³-hybridized carbons (Fsp3) is 0.533. The fourth-order valence-corrected chi connectivity index (χ4v) is 2.90. The summed E-state index contributed by atoms with van der Waals surface area (Å²) in [5.74, 6) is 0. The highest BCUT2D eigenvalue weighted by Gasteiger charge is 2.23. The molecule has 0 unspecified atom stereocenters. The quantitative estimate of drug-likeness (QED) is 0.861. The van der Waals surface area contributed by atoms with Crippen LogP contribution in [0.2, 0.25) is 10.0 Å². The first-order chi connectivity index (χ1) is 10.6. The van der Waals surface area contributed by atoms with Crippen LogP contribution in [0.4, 0.5) is 4.79 Å². The number of urea groups is 1. The number of halogens is 2. The maximum absolute atomic E-state index is 12.2. The van der Waals surface area contributed by atoms with Gasteiger partial charge in [0.2, 0.25) is 0 Å². The van der Waals surface area contributed by atoms with Crippen molar-refractivity contribution in [3.8, 4) is 0 Å². The Morgan fingerprint density at radius 2 is 2.27 bits per heavy atom. The van der Waals surface area contributed by atoms with E-state index >= 15 is 0 Å². The third-order valence-corrected chi connectivity index (χ3v) is 4.14. The molecule has 0 saturated carbocycles. The molecule has 2 amide bonds. The number of rotatable bonds is 5. The number of nitrogens with zero attached hydrogens (tertiary/aromatic N) is 1. The lowest BCUT2D eigenvalue weighted by atomic mass is 10.1. The number of piperidine rings is 1. The molecule has 1 aromatic carbocycles. The van der Waals surface area contributed by atoms with E-state index in [4.69, 9.17) is 33.0 Å². The summed E-state index contributed by atoms with van der Waals surface area (Å²) >= 11 is 11.9. The summed E-state index contributed by atoms with van der Waals surface area (Å²) in [6.07, 6.45) is 1.80. The monoisotopic (exact) mass is 346 g/mol. The number of hydrogen-bond donors (Lipinski definition) is 2. The maximum Gasteiger partial charge on any atom is 0.317 e. The van der Waals surface area contributed by atoms with E-state index in [1.807, 2.05) is 0 Å². The molecule has 7 heteroatoms. The van der Waals surface area contributed by atoms with Gasteiger partial charge in [-0.05, 0) is 30.5 Å². The van der Waals surface area contributed by atoms with Crippen molar-refractivity contribution in [2.24, 2.45) is 0 Å². The molecule has 1 aliphatic rings. The Bertz CT molecular complexity index is 514. The zero-order chi connectivity index (χ0) is 15.9. The Morgan fingerprint density at radius 3 is 3.00 bits per heavy atom. The number of carbonyl (C=O) groups excluding carboxylic acids is 1. The second-order valence-corrected chi connectivity index (χ2v) is 6.04. The average molecular weight is 347 g/mol. The van der Waals surface area contributed by atoms with Crippen molar-refractivity contribution < 1.29 is 14.6 Å². The molecule has 0 aromatic heterocycles. The zero-order valence-corrected chi connectivity index (χ0v) is 13.7. The van der Waals surface area contributed by atoms with Crippen LogP contribution in [-0.2, 0) is 11.3 Å². The van der Waals surface area contributed by atoms with Crippen LogP contribution in [0.25, 0.3) is 0 Å². The normalized spacial score (nSPS) is 18.3. The Morgan fingerprint density at radius 1 is 1.45 bits per heavy atom. The van der Waals surface area contributed by atoms with Crippen molar-refractivity contribution in [1.82, 2.24) is 10.2 Å². The highest BCUT2D eigenvalue weighted by Crippen LogP contribution is 2.21. The first kappa shape index (κ1) is 17.3. The van der Waals surface area contributed by atoms with Gasteiger partial charge in [-0.3, -0.25) is 0 Å². The smallest absolute Gasteiger partial charge is 0.317 e. The first-order valence-corrected chi connectivity index (χ1v) is 8.05. The van der Waals surface area contributed by atoms with Crippen molar-refractivity contribution in [3.05, 3.63) is 33.8 Å².